The first-order chi connectivity index (χ1) is 7.07. The SMILES string of the molecule is NCCC(N)CCOCCC(N)C(=O)O. The van der Waals surface area contributed by atoms with Crippen LogP contribution in [0.3, 0.4) is 0 Å². The molecule has 0 aliphatic rings. The van der Waals surface area contributed by atoms with Gasteiger partial charge in [-0.05, 0) is 25.8 Å². The van der Waals surface area contributed by atoms with E-state index in [1.54, 1.807) is 0 Å². The summed E-state index contributed by atoms with van der Waals surface area (Å²) in [4.78, 5) is 10.3. The van der Waals surface area contributed by atoms with Gasteiger partial charge in [0.2, 0.25) is 0 Å². The maximum Gasteiger partial charge on any atom is 0.320 e. The fourth-order valence-corrected chi connectivity index (χ4v) is 1.03. The number of hydrogen-bond acceptors (Lipinski definition) is 5. The van der Waals surface area contributed by atoms with Gasteiger partial charge in [-0.15, -0.1) is 0 Å². The summed E-state index contributed by atoms with van der Waals surface area (Å²) in [6.07, 6.45) is 1.83. The molecular formula is C9H21N3O3. The normalized spacial score (nSPS) is 14.9. The number of rotatable bonds is 9. The molecule has 6 heteroatoms. The lowest BCUT2D eigenvalue weighted by Crippen LogP contribution is -2.31. The van der Waals surface area contributed by atoms with E-state index in [1.165, 1.54) is 0 Å². The third-order valence-electron chi connectivity index (χ3n) is 2.06. The fourth-order valence-electron chi connectivity index (χ4n) is 1.03. The Morgan fingerprint density at radius 2 is 1.80 bits per heavy atom. The average Bonchev–Trinajstić information content (AvgIpc) is 2.17. The molecule has 0 amide bonds. The Balaban J connectivity index is 3.28. The molecule has 0 spiro atoms. The van der Waals surface area contributed by atoms with Gasteiger partial charge in [0.1, 0.15) is 6.04 Å². The van der Waals surface area contributed by atoms with Crippen molar-refractivity contribution in [3.05, 3.63) is 0 Å². The summed E-state index contributed by atoms with van der Waals surface area (Å²) >= 11 is 0. The van der Waals surface area contributed by atoms with Crippen molar-refractivity contribution < 1.29 is 14.6 Å². The molecule has 2 unspecified atom stereocenters. The summed E-state index contributed by atoms with van der Waals surface area (Å²) in [5.41, 5.74) is 16.3. The first-order valence-electron chi connectivity index (χ1n) is 5.09. The van der Waals surface area contributed by atoms with Gasteiger partial charge < -0.3 is 27.0 Å². The highest BCUT2D eigenvalue weighted by Gasteiger charge is 2.10. The molecule has 90 valence electrons. The Morgan fingerprint density at radius 3 is 2.33 bits per heavy atom. The zero-order chi connectivity index (χ0) is 11.7. The van der Waals surface area contributed by atoms with E-state index in [2.05, 4.69) is 0 Å². The minimum Gasteiger partial charge on any atom is -0.480 e. The van der Waals surface area contributed by atoms with Crippen molar-refractivity contribution in [3.8, 4) is 0 Å². The molecule has 0 aliphatic heterocycles. The molecule has 15 heavy (non-hydrogen) atoms. The number of nitrogens with two attached hydrogens (primary N) is 3. The van der Waals surface area contributed by atoms with E-state index in [-0.39, 0.29) is 6.04 Å². The molecule has 0 saturated carbocycles. The van der Waals surface area contributed by atoms with Gasteiger partial charge in [-0.2, -0.15) is 0 Å². The molecule has 0 aromatic carbocycles. The van der Waals surface area contributed by atoms with Crippen molar-refractivity contribution in [3.63, 3.8) is 0 Å². The zero-order valence-corrected chi connectivity index (χ0v) is 8.89. The molecule has 0 aliphatic carbocycles. The van der Waals surface area contributed by atoms with Crippen LogP contribution in [0.1, 0.15) is 19.3 Å². The number of carbonyl (C=O) groups is 1. The maximum atomic E-state index is 10.3. The number of aliphatic carboxylic acids is 1. The number of ether oxygens (including phenoxy) is 1. The number of carboxylic acids is 1. The summed E-state index contributed by atoms with van der Waals surface area (Å²) in [6.45, 7) is 1.45. The van der Waals surface area contributed by atoms with E-state index in [0.717, 1.165) is 12.8 Å². The first-order valence-corrected chi connectivity index (χ1v) is 5.09. The highest BCUT2D eigenvalue weighted by Crippen LogP contribution is 1.95. The summed E-state index contributed by atoms with van der Waals surface area (Å²) in [7, 11) is 0. The Labute approximate surface area is 89.7 Å². The first kappa shape index (κ1) is 14.3. The highest BCUT2D eigenvalue weighted by atomic mass is 16.5. The molecule has 7 N–H and O–H groups in total. The topological polar surface area (TPSA) is 125 Å². The second-order valence-corrected chi connectivity index (χ2v) is 3.47. The van der Waals surface area contributed by atoms with E-state index in [9.17, 15) is 4.79 Å². The van der Waals surface area contributed by atoms with E-state index in [4.69, 9.17) is 27.0 Å². The van der Waals surface area contributed by atoms with E-state index >= 15 is 0 Å². The minimum absolute atomic E-state index is 0.0585. The second-order valence-electron chi connectivity index (χ2n) is 3.47. The van der Waals surface area contributed by atoms with Gasteiger partial charge in [0.25, 0.3) is 0 Å². The second kappa shape index (κ2) is 8.60. The molecule has 6 nitrogen and oxygen atoms in total. The number of carboxylic acid groups (broad SMARTS) is 1. The maximum absolute atomic E-state index is 10.3. The van der Waals surface area contributed by atoms with Crippen LogP contribution in [0, 0.1) is 0 Å². The van der Waals surface area contributed by atoms with Gasteiger partial charge in [0.05, 0.1) is 0 Å². The largest absolute Gasteiger partial charge is 0.480 e. The Hall–Kier alpha value is -0.690. The van der Waals surface area contributed by atoms with Gasteiger partial charge in [-0.25, -0.2) is 0 Å². The van der Waals surface area contributed by atoms with Crippen LogP contribution in [0.15, 0.2) is 0 Å². The third kappa shape index (κ3) is 8.31. The van der Waals surface area contributed by atoms with E-state index in [1.807, 2.05) is 0 Å². The lowest BCUT2D eigenvalue weighted by Gasteiger charge is -2.11. The van der Waals surface area contributed by atoms with E-state index in [0.29, 0.717) is 26.2 Å². The van der Waals surface area contributed by atoms with Gasteiger partial charge in [-0.1, -0.05) is 0 Å². The monoisotopic (exact) mass is 219 g/mol. The van der Waals surface area contributed by atoms with Gasteiger partial charge in [0, 0.05) is 19.3 Å². The Morgan fingerprint density at radius 1 is 1.20 bits per heavy atom. The average molecular weight is 219 g/mol. The lowest BCUT2D eigenvalue weighted by atomic mass is 10.1. The predicted octanol–water partition coefficient (Wildman–Crippen LogP) is -1.13. The van der Waals surface area contributed by atoms with Crippen LogP contribution in [-0.2, 0) is 9.53 Å². The summed E-state index contributed by atoms with van der Waals surface area (Å²) < 4.78 is 5.21. The molecular weight excluding hydrogens is 198 g/mol. The highest BCUT2D eigenvalue weighted by molar-refractivity contribution is 5.72. The molecule has 0 heterocycles. The Kier molecular flexibility index (Phi) is 8.21. The molecule has 0 radical (unpaired) electrons. The van der Waals surface area contributed by atoms with Crippen molar-refractivity contribution in [2.24, 2.45) is 17.2 Å². The van der Waals surface area contributed by atoms with Crippen molar-refractivity contribution in [2.75, 3.05) is 19.8 Å². The fraction of sp³-hybridized carbons (Fsp3) is 0.889. The molecule has 0 aromatic heterocycles. The van der Waals surface area contributed by atoms with Crippen LogP contribution < -0.4 is 17.2 Å². The Bertz CT molecular complexity index is 178. The molecule has 0 bridgehead atoms. The van der Waals surface area contributed by atoms with Gasteiger partial charge >= 0.3 is 5.97 Å². The van der Waals surface area contributed by atoms with Crippen molar-refractivity contribution >= 4 is 5.97 Å². The third-order valence-corrected chi connectivity index (χ3v) is 2.06. The number of hydrogen-bond donors (Lipinski definition) is 4. The van der Waals surface area contributed by atoms with Crippen molar-refractivity contribution in [1.29, 1.82) is 0 Å². The minimum atomic E-state index is -1.00. The van der Waals surface area contributed by atoms with Crippen LogP contribution >= 0.6 is 0 Å². The summed E-state index contributed by atoms with van der Waals surface area (Å²) in [6, 6.07) is -0.786. The van der Waals surface area contributed by atoms with E-state index < -0.39 is 12.0 Å². The van der Waals surface area contributed by atoms with Crippen LogP contribution in [0.5, 0.6) is 0 Å². The predicted molar refractivity (Wildman–Crippen MR) is 57.3 cm³/mol. The quantitative estimate of drug-likeness (QED) is 0.364. The molecule has 0 aromatic rings. The lowest BCUT2D eigenvalue weighted by molar-refractivity contribution is -0.139. The zero-order valence-electron chi connectivity index (χ0n) is 8.89. The van der Waals surface area contributed by atoms with Crippen molar-refractivity contribution in [2.45, 2.75) is 31.3 Å². The van der Waals surface area contributed by atoms with Gasteiger partial charge in [-0.3, -0.25) is 4.79 Å². The van der Waals surface area contributed by atoms with Crippen LogP contribution in [0.25, 0.3) is 0 Å². The van der Waals surface area contributed by atoms with Crippen LogP contribution in [0.2, 0.25) is 0 Å². The molecule has 0 rings (SSSR count). The summed E-state index contributed by atoms with van der Waals surface area (Å²) in [5.74, 6) is -1.00. The molecule has 0 fully saturated rings. The van der Waals surface area contributed by atoms with Crippen LogP contribution in [-0.4, -0.2) is 42.9 Å². The molecule has 0 saturated heterocycles. The van der Waals surface area contributed by atoms with Gasteiger partial charge in [0.15, 0.2) is 0 Å². The summed E-state index contributed by atoms with van der Waals surface area (Å²) in [5, 5.41) is 8.48. The smallest absolute Gasteiger partial charge is 0.320 e. The van der Waals surface area contributed by atoms with Crippen molar-refractivity contribution in [1.82, 2.24) is 0 Å². The molecule has 2 atom stereocenters. The standard InChI is InChI=1S/C9H21N3O3/c10-4-1-7(11)2-5-15-6-3-8(12)9(13)14/h7-8H,1-6,10-12H2,(H,13,14). The van der Waals surface area contributed by atoms with Crippen LogP contribution in [0.4, 0.5) is 0 Å².